The molecule has 4 rings (SSSR count). The highest BCUT2D eigenvalue weighted by Gasteiger charge is 2.61. The van der Waals surface area contributed by atoms with E-state index >= 15 is 0 Å². The molecule has 1 heterocycles. The van der Waals surface area contributed by atoms with Crippen molar-refractivity contribution in [2.75, 3.05) is 5.32 Å². The summed E-state index contributed by atoms with van der Waals surface area (Å²) in [6, 6.07) is 9.48. The van der Waals surface area contributed by atoms with Crippen LogP contribution in [0.15, 0.2) is 35.5 Å². The predicted octanol–water partition coefficient (Wildman–Crippen LogP) is 4.17. The number of fused-ring (bicyclic) bond motifs is 5. The first kappa shape index (κ1) is 17.5. The Morgan fingerprint density at radius 2 is 1.96 bits per heavy atom. The Morgan fingerprint density at radius 1 is 1.23 bits per heavy atom. The molecule has 6 heteroatoms. The van der Waals surface area contributed by atoms with Crippen LogP contribution in [0.25, 0.3) is 0 Å². The highest BCUT2D eigenvalue weighted by Crippen LogP contribution is 2.66. The van der Waals surface area contributed by atoms with Crippen molar-refractivity contribution in [2.24, 2.45) is 5.41 Å². The largest absolute Gasteiger partial charge is 0.325 e. The minimum absolute atomic E-state index is 0.0564. The van der Waals surface area contributed by atoms with Gasteiger partial charge in [-0.2, -0.15) is 5.10 Å². The van der Waals surface area contributed by atoms with Crippen molar-refractivity contribution in [2.45, 2.75) is 62.3 Å². The van der Waals surface area contributed by atoms with Crippen molar-refractivity contribution >= 4 is 23.4 Å². The molecule has 1 aromatic heterocycles. The molecular weight excluding hydrogens is 344 g/mol. The Balaban J connectivity index is 1.51. The molecule has 1 amide bonds. The lowest BCUT2D eigenvalue weighted by atomic mass is 9.70. The molecule has 3 atom stereocenters. The Kier molecular flexibility index (Phi) is 4.06. The zero-order chi connectivity index (χ0) is 18.5. The van der Waals surface area contributed by atoms with Crippen LogP contribution in [0.5, 0.6) is 0 Å². The number of rotatable bonds is 4. The normalized spacial score (nSPS) is 26.4. The minimum Gasteiger partial charge on any atom is -0.325 e. The molecule has 136 valence electrons. The lowest BCUT2D eigenvalue weighted by Gasteiger charge is -2.33. The average molecular weight is 369 g/mol. The number of hydrogen-bond donors (Lipinski definition) is 1. The number of carbonyl (C=O) groups is 1. The molecule has 2 aromatic rings. The van der Waals surface area contributed by atoms with Gasteiger partial charge in [0.1, 0.15) is 0 Å². The Labute approximate surface area is 158 Å². The van der Waals surface area contributed by atoms with Crippen LogP contribution in [0.2, 0.25) is 0 Å². The standard InChI is InChI=1S/C20H24N4OS/c1-12(17(25)21-13-8-6-5-7-9-13)26-18-22-15-14-10-11-20(4,19(14,2)3)16(15)23-24-18/h5-9,12,14H,10-11H2,1-4H3,(H,21,25)/t12-,14+,20-/m0/s1. The number of thioether (sulfide) groups is 1. The molecular formula is C20H24N4OS. The second kappa shape index (κ2) is 6.05. The lowest BCUT2D eigenvalue weighted by Crippen LogP contribution is -2.32. The van der Waals surface area contributed by atoms with Gasteiger partial charge in [0.15, 0.2) is 0 Å². The number of nitrogens with zero attached hydrogens (tertiary/aromatic N) is 3. The number of anilines is 1. The number of benzene rings is 1. The molecule has 2 bridgehead atoms. The summed E-state index contributed by atoms with van der Waals surface area (Å²) in [5.74, 6) is 0.380. The Hall–Kier alpha value is -1.95. The van der Waals surface area contributed by atoms with Crippen molar-refractivity contribution in [3.8, 4) is 0 Å². The van der Waals surface area contributed by atoms with E-state index in [-0.39, 0.29) is 22.0 Å². The number of amides is 1. The molecule has 0 radical (unpaired) electrons. The number of aromatic nitrogens is 3. The first-order valence-electron chi connectivity index (χ1n) is 9.10. The van der Waals surface area contributed by atoms with Crippen LogP contribution in [0.4, 0.5) is 5.69 Å². The fourth-order valence-electron chi connectivity index (χ4n) is 4.39. The first-order chi connectivity index (χ1) is 12.3. The van der Waals surface area contributed by atoms with Crippen molar-refractivity contribution in [1.29, 1.82) is 0 Å². The summed E-state index contributed by atoms with van der Waals surface area (Å²) in [7, 11) is 0. The maximum atomic E-state index is 12.4. The smallest absolute Gasteiger partial charge is 0.237 e. The van der Waals surface area contributed by atoms with Crippen LogP contribution in [-0.2, 0) is 10.2 Å². The fourth-order valence-corrected chi connectivity index (χ4v) is 5.11. The molecule has 0 aliphatic heterocycles. The molecule has 26 heavy (non-hydrogen) atoms. The Morgan fingerprint density at radius 3 is 2.69 bits per heavy atom. The lowest BCUT2D eigenvalue weighted by molar-refractivity contribution is -0.115. The van der Waals surface area contributed by atoms with E-state index < -0.39 is 0 Å². The summed E-state index contributed by atoms with van der Waals surface area (Å²) in [6.45, 7) is 8.79. The van der Waals surface area contributed by atoms with Gasteiger partial charge in [-0.1, -0.05) is 50.7 Å². The van der Waals surface area contributed by atoms with Crippen LogP contribution in [0.1, 0.15) is 57.8 Å². The van der Waals surface area contributed by atoms with E-state index in [9.17, 15) is 4.79 Å². The first-order valence-corrected chi connectivity index (χ1v) is 9.98. The number of para-hydroxylation sites is 1. The topological polar surface area (TPSA) is 67.8 Å². The van der Waals surface area contributed by atoms with E-state index in [1.807, 2.05) is 37.3 Å². The molecule has 5 nitrogen and oxygen atoms in total. The predicted molar refractivity (Wildman–Crippen MR) is 103 cm³/mol. The van der Waals surface area contributed by atoms with Crippen LogP contribution in [0, 0.1) is 5.41 Å². The molecule has 1 saturated carbocycles. The molecule has 2 aliphatic carbocycles. The van der Waals surface area contributed by atoms with Gasteiger partial charge >= 0.3 is 0 Å². The van der Waals surface area contributed by atoms with Crippen molar-refractivity contribution < 1.29 is 4.79 Å². The van der Waals surface area contributed by atoms with E-state index in [4.69, 9.17) is 4.98 Å². The average Bonchev–Trinajstić information content (AvgIpc) is 2.94. The van der Waals surface area contributed by atoms with Crippen molar-refractivity contribution in [3.63, 3.8) is 0 Å². The van der Waals surface area contributed by atoms with E-state index in [0.29, 0.717) is 11.1 Å². The highest BCUT2D eigenvalue weighted by atomic mass is 32.2. The second-order valence-electron chi connectivity index (χ2n) is 8.09. The minimum atomic E-state index is -0.294. The van der Waals surface area contributed by atoms with Gasteiger partial charge in [-0.05, 0) is 37.3 Å². The molecule has 0 spiro atoms. The molecule has 1 aromatic carbocycles. The SMILES string of the molecule is C[C@H](Sc1nnc2c(n1)[C@H]1CC[C@]2(C)C1(C)C)C(=O)Nc1ccccc1. The molecule has 1 N–H and O–H groups in total. The zero-order valence-corrected chi connectivity index (χ0v) is 16.4. The van der Waals surface area contributed by atoms with Crippen molar-refractivity contribution in [1.82, 2.24) is 15.2 Å². The summed E-state index contributed by atoms with van der Waals surface area (Å²) in [5, 5.41) is 12.1. The van der Waals surface area contributed by atoms with E-state index in [1.165, 1.54) is 11.8 Å². The van der Waals surface area contributed by atoms with E-state index in [1.54, 1.807) is 0 Å². The summed E-state index contributed by atoms with van der Waals surface area (Å²) in [4.78, 5) is 17.2. The summed E-state index contributed by atoms with van der Waals surface area (Å²) in [6.07, 6.45) is 2.31. The number of carbonyl (C=O) groups excluding carboxylic acids is 1. The molecule has 2 aliphatic rings. The fraction of sp³-hybridized carbons (Fsp3) is 0.500. The van der Waals surface area contributed by atoms with Crippen LogP contribution >= 0.6 is 11.8 Å². The quantitative estimate of drug-likeness (QED) is 0.821. The maximum absolute atomic E-state index is 12.4. The van der Waals surface area contributed by atoms with Gasteiger partial charge in [-0.15, -0.1) is 5.10 Å². The third kappa shape index (κ3) is 2.54. The molecule has 1 fully saturated rings. The number of hydrogen-bond acceptors (Lipinski definition) is 5. The van der Waals surface area contributed by atoms with Crippen LogP contribution in [-0.4, -0.2) is 26.3 Å². The van der Waals surface area contributed by atoms with Crippen molar-refractivity contribution in [3.05, 3.63) is 41.7 Å². The molecule has 0 unspecified atom stereocenters. The van der Waals surface area contributed by atoms with Gasteiger partial charge in [0.2, 0.25) is 11.1 Å². The zero-order valence-electron chi connectivity index (χ0n) is 15.6. The summed E-state index contributed by atoms with van der Waals surface area (Å²) < 4.78 is 0. The summed E-state index contributed by atoms with van der Waals surface area (Å²) >= 11 is 1.37. The van der Waals surface area contributed by atoms with Gasteiger partial charge < -0.3 is 5.32 Å². The van der Waals surface area contributed by atoms with Crippen LogP contribution in [0.3, 0.4) is 0 Å². The van der Waals surface area contributed by atoms with Gasteiger partial charge in [-0.25, -0.2) is 4.98 Å². The summed E-state index contributed by atoms with van der Waals surface area (Å²) in [5.41, 5.74) is 3.18. The molecule has 0 saturated heterocycles. The monoisotopic (exact) mass is 368 g/mol. The third-order valence-corrected chi connectivity index (χ3v) is 7.42. The highest BCUT2D eigenvalue weighted by molar-refractivity contribution is 8.00. The van der Waals surface area contributed by atoms with Gasteiger partial charge in [0, 0.05) is 17.0 Å². The van der Waals surface area contributed by atoms with E-state index in [0.717, 1.165) is 29.9 Å². The van der Waals surface area contributed by atoms with Crippen LogP contribution < -0.4 is 5.32 Å². The number of nitrogens with one attached hydrogen (secondary N) is 1. The maximum Gasteiger partial charge on any atom is 0.237 e. The third-order valence-electron chi connectivity index (χ3n) is 6.47. The second-order valence-corrected chi connectivity index (χ2v) is 9.40. The van der Waals surface area contributed by atoms with Gasteiger partial charge in [0.05, 0.1) is 16.6 Å². The Bertz CT molecular complexity index is 854. The van der Waals surface area contributed by atoms with Gasteiger partial charge in [0.25, 0.3) is 0 Å². The van der Waals surface area contributed by atoms with E-state index in [2.05, 4.69) is 36.3 Å². The van der Waals surface area contributed by atoms with Gasteiger partial charge in [-0.3, -0.25) is 4.79 Å².